The summed E-state index contributed by atoms with van der Waals surface area (Å²) < 4.78 is 10.6. The molecule has 0 atom stereocenters. The van der Waals surface area contributed by atoms with E-state index >= 15 is 0 Å². The van der Waals surface area contributed by atoms with Gasteiger partial charge in [0.1, 0.15) is 11.9 Å². The topological polar surface area (TPSA) is 92.1 Å². The van der Waals surface area contributed by atoms with E-state index in [0.29, 0.717) is 35.2 Å². The molecule has 0 unspecified atom stereocenters. The number of aryl methyl sites for hydroxylation is 1. The molecule has 2 N–H and O–H groups in total. The Morgan fingerprint density at radius 1 is 1.00 bits per heavy atom. The molecule has 7 nitrogen and oxygen atoms in total. The SMILES string of the molecule is COc1ccc(CCNc2cc(C)nc(Nc3ccccc3C#N)n2)cc1OC. The number of nitrogens with zero attached hydrogens (tertiary/aromatic N) is 3. The van der Waals surface area contributed by atoms with E-state index in [1.165, 1.54) is 0 Å². The van der Waals surface area contributed by atoms with Crippen molar-refractivity contribution in [1.82, 2.24) is 9.97 Å². The smallest absolute Gasteiger partial charge is 0.229 e. The van der Waals surface area contributed by atoms with Crippen molar-refractivity contribution in [3.63, 3.8) is 0 Å². The van der Waals surface area contributed by atoms with Crippen LogP contribution in [-0.2, 0) is 6.42 Å². The highest BCUT2D eigenvalue weighted by molar-refractivity contribution is 5.63. The lowest BCUT2D eigenvalue weighted by Crippen LogP contribution is -2.09. The van der Waals surface area contributed by atoms with Crippen LogP contribution in [0.25, 0.3) is 0 Å². The molecule has 3 rings (SSSR count). The number of ether oxygens (including phenoxy) is 2. The van der Waals surface area contributed by atoms with Crippen molar-refractivity contribution in [2.24, 2.45) is 0 Å². The maximum atomic E-state index is 9.24. The summed E-state index contributed by atoms with van der Waals surface area (Å²) in [5.41, 5.74) is 3.17. The van der Waals surface area contributed by atoms with E-state index in [2.05, 4.69) is 26.7 Å². The fourth-order valence-electron chi connectivity index (χ4n) is 2.90. The number of aromatic nitrogens is 2. The van der Waals surface area contributed by atoms with Crippen LogP contribution in [0.5, 0.6) is 11.5 Å². The van der Waals surface area contributed by atoms with Crippen LogP contribution in [0.2, 0.25) is 0 Å². The molecule has 0 fully saturated rings. The van der Waals surface area contributed by atoms with E-state index in [0.717, 1.165) is 23.5 Å². The summed E-state index contributed by atoms with van der Waals surface area (Å²) in [6, 6.07) is 17.2. The molecule has 1 heterocycles. The lowest BCUT2D eigenvalue weighted by Gasteiger charge is -2.12. The van der Waals surface area contributed by atoms with E-state index in [1.807, 2.05) is 49.4 Å². The molecule has 0 saturated carbocycles. The molecule has 7 heteroatoms. The third-order valence-electron chi connectivity index (χ3n) is 4.32. The van der Waals surface area contributed by atoms with Gasteiger partial charge in [-0.2, -0.15) is 10.2 Å². The zero-order valence-corrected chi connectivity index (χ0v) is 16.7. The first-order chi connectivity index (χ1) is 14.1. The van der Waals surface area contributed by atoms with E-state index in [9.17, 15) is 5.26 Å². The average Bonchev–Trinajstić information content (AvgIpc) is 2.73. The Bertz CT molecular complexity index is 1030. The molecule has 0 aliphatic heterocycles. The molecule has 148 valence electrons. The van der Waals surface area contributed by atoms with E-state index < -0.39 is 0 Å². The summed E-state index contributed by atoms with van der Waals surface area (Å²) >= 11 is 0. The van der Waals surface area contributed by atoms with Gasteiger partial charge in [-0.25, -0.2) is 4.98 Å². The third kappa shape index (κ3) is 5.14. The maximum absolute atomic E-state index is 9.24. The maximum Gasteiger partial charge on any atom is 0.229 e. The van der Waals surface area contributed by atoms with Gasteiger partial charge >= 0.3 is 0 Å². The summed E-state index contributed by atoms with van der Waals surface area (Å²) in [5, 5.41) is 15.7. The van der Waals surface area contributed by atoms with Crippen LogP contribution < -0.4 is 20.1 Å². The van der Waals surface area contributed by atoms with Crippen molar-refractivity contribution in [1.29, 1.82) is 5.26 Å². The van der Waals surface area contributed by atoms with Crippen LogP contribution in [0.1, 0.15) is 16.8 Å². The average molecular weight is 389 g/mol. The van der Waals surface area contributed by atoms with Crippen molar-refractivity contribution >= 4 is 17.5 Å². The third-order valence-corrected chi connectivity index (χ3v) is 4.32. The lowest BCUT2D eigenvalue weighted by atomic mass is 10.1. The van der Waals surface area contributed by atoms with E-state index in [-0.39, 0.29) is 0 Å². The van der Waals surface area contributed by atoms with Crippen molar-refractivity contribution < 1.29 is 9.47 Å². The molecular formula is C22H23N5O2. The van der Waals surface area contributed by atoms with Gasteiger partial charge in [-0.15, -0.1) is 0 Å². The molecule has 0 saturated heterocycles. The van der Waals surface area contributed by atoms with Crippen LogP contribution in [0.15, 0.2) is 48.5 Å². The number of para-hydroxylation sites is 1. The zero-order valence-electron chi connectivity index (χ0n) is 16.7. The molecule has 29 heavy (non-hydrogen) atoms. The second kappa shape index (κ2) is 9.42. The summed E-state index contributed by atoms with van der Waals surface area (Å²) in [7, 11) is 3.25. The fourth-order valence-corrected chi connectivity index (χ4v) is 2.90. The van der Waals surface area contributed by atoms with Gasteiger partial charge in [0.2, 0.25) is 5.95 Å². The summed E-state index contributed by atoms with van der Waals surface area (Å²) in [4.78, 5) is 8.92. The van der Waals surface area contributed by atoms with Crippen molar-refractivity contribution in [2.75, 3.05) is 31.4 Å². The molecule has 0 spiro atoms. The van der Waals surface area contributed by atoms with E-state index in [1.54, 1.807) is 20.3 Å². The number of methoxy groups -OCH3 is 2. The Morgan fingerprint density at radius 2 is 1.79 bits per heavy atom. The molecular weight excluding hydrogens is 366 g/mol. The zero-order chi connectivity index (χ0) is 20.6. The van der Waals surface area contributed by atoms with Gasteiger partial charge in [-0.1, -0.05) is 18.2 Å². The molecule has 0 radical (unpaired) electrons. The predicted molar refractivity (Wildman–Crippen MR) is 113 cm³/mol. The minimum Gasteiger partial charge on any atom is -0.493 e. The molecule has 0 amide bonds. The van der Waals surface area contributed by atoms with Crippen molar-refractivity contribution in [3.05, 3.63) is 65.4 Å². The number of benzene rings is 2. The van der Waals surface area contributed by atoms with Crippen LogP contribution >= 0.6 is 0 Å². The molecule has 2 aromatic carbocycles. The molecule has 0 bridgehead atoms. The van der Waals surface area contributed by atoms with Gasteiger partial charge in [0.05, 0.1) is 25.5 Å². The normalized spacial score (nSPS) is 10.1. The number of hydrogen-bond donors (Lipinski definition) is 2. The lowest BCUT2D eigenvalue weighted by molar-refractivity contribution is 0.354. The Morgan fingerprint density at radius 3 is 2.55 bits per heavy atom. The van der Waals surface area contributed by atoms with Crippen LogP contribution in [-0.4, -0.2) is 30.7 Å². The van der Waals surface area contributed by atoms with Crippen molar-refractivity contribution in [3.8, 4) is 17.6 Å². The highest BCUT2D eigenvalue weighted by atomic mass is 16.5. The van der Waals surface area contributed by atoms with Gasteiger partial charge in [0, 0.05) is 18.3 Å². The number of nitriles is 1. The Kier molecular flexibility index (Phi) is 6.48. The second-order valence-corrected chi connectivity index (χ2v) is 6.37. The van der Waals surface area contributed by atoms with Crippen LogP contribution in [0.3, 0.4) is 0 Å². The van der Waals surface area contributed by atoms with Crippen LogP contribution in [0.4, 0.5) is 17.5 Å². The molecule has 1 aromatic heterocycles. The monoisotopic (exact) mass is 389 g/mol. The largest absolute Gasteiger partial charge is 0.493 e. The summed E-state index contributed by atoms with van der Waals surface area (Å²) in [5.74, 6) is 2.59. The van der Waals surface area contributed by atoms with Gasteiger partial charge < -0.3 is 20.1 Å². The Balaban J connectivity index is 1.67. The minimum absolute atomic E-state index is 0.446. The highest BCUT2D eigenvalue weighted by Crippen LogP contribution is 2.27. The molecule has 3 aromatic rings. The van der Waals surface area contributed by atoms with E-state index in [4.69, 9.17) is 9.47 Å². The highest BCUT2D eigenvalue weighted by Gasteiger charge is 2.07. The molecule has 0 aliphatic carbocycles. The first-order valence-electron chi connectivity index (χ1n) is 9.19. The number of hydrogen-bond acceptors (Lipinski definition) is 7. The second-order valence-electron chi connectivity index (χ2n) is 6.37. The minimum atomic E-state index is 0.446. The van der Waals surface area contributed by atoms with Crippen molar-refractivity contribution in [2.45, 2.75) is 13.3 Å². The van der Waals surface area contributed by atoms with Gasteiger partial charge in [0.25, 0.3) is 0 Å². The van der Waals surface area contributed by atoms with Gasteiger partial charge in [-0.3, -0.25) is 0 Å². The summed E-state index contributed by atoms with van der Waals surface area (Å²) in [6.07, 6.45) is 0.795. The van der Waals surface area contributed by atoms with Gasteiger partial charge in [0.15, 0.2) is 11.5 Å². The number of nitrogens with one attached hydrogen (secondary N) is 2. The number of anilines is 3. The van der Waals surface area contributed by atoms with Crippen LogP contribution in [0, 0.1) is 18.3 Å². The fraction of sp³-hybridized carbons (Fsp3) is 0.227. The molecule has 0 aliphatic rings. The Labute approximate surface area is 170 Å². The Hall–Kier alpha value is -3.79. The summed E-state index contributed by atoms with van der Waals surface area (Å²) in [6.45, 7) is 2.60. The first-order valence-corrected chi connectivity index (χ1v) is 9.19. The standard InChI is InChI=1S/C22H23N5O2/c1-15-12-21(24-11-10-16-8-9-19(28-2)20(13-16)29-3)27-22(25-15)26-18-7-5-4-6-17(18)14-23/h4-9,12-13H,10-11H2,1-3H3,(H2,24,25,26,27). The number of rotatable bonds is 8. The quantitative estimate of drug-likeness (QED) is 0.600. The first kappa shape index (κ1) is 20.0. The van der Waals surface area contributed by atoms with Gasteiger partial charge in [-0.05, 0) is 43.2 Å². The predicted octanol–water partition coefficient (Wildman–Crippen LogP) is 4.07.